The van der Waals surface area contributed by atoms with E-state index in [9.17, 15) is 9.59 Å². The number of amides is 2. The van der Waals surface area contributed by atoms with E-state index >= 15 is 0 Å². The molecule has 146 valence electrons. The summed E-state index contributed by atoms with van der Waals surface area (Å²) < 4.78 is 0. The first-order valence-corrected chi connectivity index (χ1v) is 9.51. The van der Waals surface area contributed by atoms with Crippen molar-refractivity contribution in [2.75, 3.05) is 11.9 Å². The minimum Gasteiger partial charge on any atom is -0.351 e. The molecule has 2 N–H and O–H groups in total. The third kappa shape index (κ3) is 4.65. The summed E-state index contributed by atoms with van der Waals surface area (Å²) in [4.78, 5) is 33.2. The van der Waals surface area contributed by atoms with E-state index in [0.29, 0.717) is 30.1 Å². The van der Waals surface area contributed by atoms with Gasteiger partial charge in [0.25, 0.3) is 11.8 Å². The number of anilines is 1. The van der Waals surface area contributed by atoms with Crippen LogP contribution in [0, 0.1) is 11.3 Å². The fraction of sp³-hybridized carbons (Fsp3) is 0.350. The number of rotatable bonds is 7. The zero-order chi connectivity index (χ0) is 20.7. The van der Waals surface area contributed by atoms with Gasteiger partial charge in [0.1, 0.15) is 11.8 Å². The van der Waals surface area contributed by atoms with Crippen molar-refractivity contribution in [1.29, 1.82) is 5.26 Å². The van der Waals surface area contributed by atoms with Gasteiger partial charge in [-0.1, -0.05) is 38.4 Å². The lowest BCUT2D eigenvalue weighted by Crippen LogP contribution is -2.29. The zero-order valence-electron chi connectivity index (χ0n) is 16.1. The number of nitrogens with one attached hydrogen (secondary N) is 2. The van der Waals surface area contributed by atoms with Crippen LogP contribution in [0.4, 0.5) is 5.69 Å². The second-order valence-corrected chi connectivity index (χ2v) is 6.45. The maximum Gasteiger partial charge on any atom is 0.270 e. The Morgan fingerprint density at radius 1 is 1.18 bits per heavy atom. The molecule has 2 rings (SSSR count). The first-order chi connectivity index (χ1) is 13.5. The summed E-state index contributed by atoms with van der Waals surface area (Å²) in [6, 6.07) is 5.46. The molecule has 0 spiro atoms. The molecule has 0 bridgehead atoms. The number of benzene rings is 1. The summed E-state index contributed by atoms with van der Waals surface area (Å²) in [6.07, 6.45) is 3.26. The van der Waals surface area contributed by atoms with E-state index in [2.05, 4.69) is 20.6 Å². The van der Waals surface area contributed by atoms with Gasteiger partial charge < -0.3 is 10.6 Å². The van der Waals surface area contributed by atoms with E-state index in [1.54, 1.807) is 6.07 Å². The highest BCUT2D eigenvalue weighted by molar-refractivity contribution is 6.32. The summed E-state index contributed by atoms with van der Waals surface area (Å²) in [5, 5.41) is 15.1. The summed E-state index contributed by atoms with van der Waals surface area (Å²) in [5.41, 5.74) is 2.25. The van der Waals surface area contributed by atoms with E-state index in [-0.39, 0.29) is 17.1 Å². The Morgan fingerprint density at radius 3 is 2.54 bits per heavy atom. The van der Waals surface area contributed by atoms with E-state index < -0.39 is 11.8 Å². The smallest absolute Gasteiger partial charge is 0.270 e. The molecule has 0 fully saturated rings. The summed E-state index contributed by atoms with van der Waals surface area (Å²) in [6.45, 7) is 6.27. The zero-order valence-corrected chi connectivity index (χ0v) is 16.9. The molecular weight excluding hydrogens is 378 g/mol. The van der Waals surface area contributed by atoms with Gasteiger partial charge in [-0.2, -0.15) is 5.26 Å². The number of nitriles is 1. The van der Waals surface area contributed by atoms with Crippen molar-refractivity contribution in [2.24, 2.45) is 0 Å². The fourth-order valence-electron chi connectivity index (χ4n) is 2.74. The van der Waals surface area contributed by atoms with Gasteiger partial charge in [-0.05, 0) is 36.5 Å². The van der Waals surface area contributed by atoms with Gasteiger partial charge in [-0.15, -0.1) is 0 Å². The lowest BCUT2D eigenvalue weighted by Gasteiger charge is -2.16. The Kier molecular flexibility index (Phi) is 7.47. The van der Waals surface area contributed by atoms with Crippen molar-refractivity contribution >= 4 is 29.1 Å². The van der Waals surface area contributed by atoms with Crippen LogP contribution >= 0.6 is 11.6 Å². The molecule has 28 heavy (non-hydrogen) atoms. The molecule has 1 aromatic carbocycles. The van der Waals surface area contributed by atoms with Crippen molar-refractivity contribution in [3.8, 4) is 6.07 Å². The summed E-state index contributed by atoms with van der Waals surface area (Å²) in [5.74, 6) is -1.23. The van der Waals surface area contributed by atoms with Crippen molar-refractivity contribution in [1.82, 2.24) is 15.3 Å². The molecule has 0 radical (unpaired) electrons. The van der Waals surface area contributed by atoms with Gasteiger partial charge in [-0.3, -0.25) is 9.59 Å². The van der Waals surface area contributed by atoms with Crippen LogP contribution in [0.5, 0.6) is 0 Å². The van der Waals surface area contributed by atoms with E-state index in [4.69, 9.17) is 16.9 Å². The maximum atomic E-state index is 13.0. The quantitative estimate of drug-likeness (QED) is 0.740. The lowest BCUT2D eigenvalue weighted by atomic mass is 10.0. The molecule has 0 saturated heterocycles. The van der Waals surface area contributed by atoms with Crippen molar-refractivity contribution in [3.63, 3.8) is 0 Å². The van der Waals surface area contributed by atoms with Crippen LogP contribution in [-0.2, 0) is 12.8 Å². The topological polar surface area (TPSA) is 108 Å². The van der Waals surface area contributed by atoms with Crippen molar-refractivity contribution in [2.45, 2.75) is 40.0 Å². The molecule has 0 aliphatic carbocycles. The number of nitrogens with zero attached hydrogens (tertiary/aromatic N) is 3. The van der Waals surface area contributed by atoms with Crippen molar-refractivity contribution in [3.05, 3.63) is 51.6 Å². The highest BCUT2D eigenvalue weighted by Gasteiger charge is 2.22. The number of aryl methyl sites for hydroxylation is 1. The summed E-state index contributed by atoms with van der Waals surface area (Å²) in [7, 11) is 0. The van der Waals surface area contributed by atoms with Crippen LogP contribution in [0.3, 0.4) is 0 Å². The number of aromatic nitrogens is 2. The molecule has 1 heterocycles. The molecule has 1 aromatic heterocycles. The van der Waals surface area contributed by atoms with Crippen LogP contribution in [0.15, 0.2) is 18.3 Å². The Hall–Kier alpha value is -2.98. The number of hydrogen-bond donors (Lipinski definition) is 2. The first kappa shape index (κ1) is 21.3. The molecule has 8 heteroatoms. The molecule has 2 amide bonds. The largest absolute Gasteiger partial charge is 0.351 e. The van der Waals surface area contributed by atoms with Crippen LogP contribution in [0.25, 0.3) is 0 Å². The van der Waals surface area contributed by atoms with Crippen LogP contribution in [-0.4, -0.2) is 28.3 Å². The number of hydrogen-bond acceptors (Lipinski definition) is 5. The number of carbonyl (C=O) groups is 2. The Labute approximate surface area is 169 Å². The molecule has 0 aliphatic rings. The van der Waals surface area contributed by atoms with Gasteiger partial charge in [0.05, 0.1) is 5.56 Å². The third-order valence-corrected chi connectivity index (χ3v) is 4.55. The minimum atomic E-state index is -0.530. The van der Waals surface area contributed by atoms with Gasteiger partial charge >= 0.3 is 0 Å². The SMILES string of the molecule is CCCNC(=O)c1nc(C#N)ncc1C(=O)Nc1c(CC)ccc(Cl)c1CC. The molecule has 0 saturated carbocycles. The number of halogens is 1. The highest BCUT2D eigenvalue weighted by atomic mass is 35.5. The van der Waals surface area contributed by atoms with Crippen molar-refractivity contribution < 1.29 is 9.59 Å². The molecule has 7 nitrogen and oxygen atoms in total. The minimum absolute atomic E-state index is 0.00307. The maximum absolute atomic E-state index is 13.0. The first-order valence-electron chi connectivity index (χ1n) is 9.13. The predicted molar refractivity (Wildman–Crippen MR) is 108 cm³/mol. The fourth-order valence-corrected chi connectivity index (χ4v) is 3.04. The molecule has 0 aliphatic heterocycles. The number of carbonyl (C=O) groups excluding carboxylic acids is 2. The monoisotopic (exact) mass is 399 g/mol. The molecular formula is C20H22ClN5O2. The third-order valence-electron chi connectivity index (χ3n) is 4.20. The Bertz CT molecular complexity index is 937. The van der Waals surface area contributed by atoms with Gasteiger partial charge in [0.2, 0.25) is 5.82 Å². The summed E-state index contributed by atoms with van der Waals surface area (Å²) >= 11 is 6.29. The van der Waals surface area contributed by atoms with E-state index in [1.165, 1.54) is 6.20 Å². The standard InChI is InChI=1S/C20H22ClN5O2/c1-4-9-23-20(28)18-14(11-24-16(10-22)25-18)19(27)26-17-12(5-2)7-8-15(21)13(17)6-3/h7-8,11H,4-6,9H2,1-3H3,(H,23,28)(H,26,27). The Balaban J connectivity index is 2.47. The predicted octanol–water partition coefficient (Wildman–Crippen LogP) is 3.52. The molecule has 2 aromatic rings. The van der Waals surface area contributed by atoms with Gasteiger partial charge in [0.15, 0.2) is 0 Å². The normalized spacial score (nSPS) is 10.2. The molecule has 0 unspecified atom stereocenters. The van der Waals surface area contributed by atoms with Gasteiger partial charge in [-0.25, -0.2) is 9.97 Å². The van der Waals surface area contributed by atoms with Crippen LogP contribution in [0.2, 0.25) is 5.02 Å². The second-order valence-electron chi connectivity index (χ2n) is 6.04. The van der Waals surface area contributed by atoms with E-state index in [0.717, 1.165) is 17.5 Å². The highest BCUT2D eigenvalue weighted by Crippen LogP contribution is 2.30. The Morgan fingerprint density at radius 2 is 1.93 bits per heavy atom. The average Bonchev–Trinajstić information content (AvgIpc) is 2.71. The van der Waals surface area contributed by atoms with Crippen LogP contribution < -0.4 is 10.6 Å². The average molecular weight is 400 g/mol. The van der Waals surface area contributed by atoms with Gasteiger partial charge in [0, 0.05) is 23.5 Å². The molecule has 0 atom stereocenters. The van der Waals surface area contributed by atoms with E-state index in [1.807, 2.05) is 32.9 Å². The second kappa shape index (κ2) is 9.81. The lowest BCUT2D eigenvalue weighted by molar-refractivity contribution is 0.0934. The van der Waals surface area contributed by atoms with Crippen LogP contribution in [0.1, 0.15) is 65.0 Å².